The maximum Gasteiger partial charge on any atom is 0.419 e. The molecule has 0 atom stereocenters. The van der Waals surface area contributed by atoms with Gasteiger partial charge in [-0.25, -0.2) is 8.78 Å². The zero-order valence-corrected chi connectivity index (χ0v) is 9.53. The fourth-order valence-corrected chi connectivity index (χ4v) is 1.75. The molecule has 0 unspecified atom stereocenters. The monoisotopic (exact) mass is 337 g/mol. The molecule has 0 radical (unpaired) electrons. The summed E-state index contributed by atoms with van der Waals surface area (Å²) in [7, 11) is 0. The van der Waals surface area contributed by atoms with E-state index in [2.05, 4.69) is 4.98 Å². The van der Waals surface area contributed by atoms with E-state index in [9.17, 15) is 22.0 Å². The standard InChI is InChI=1S/C8H5F5IN/c1-3-2-15-6(7(9)10)4(5(3)14)8(11,12)13/h2,7H,1H3. The smallest absolute Gasteiger partial charge is 0.254 e. The van der Waals surface area contributed by atoms with Crippen LogP contribution in [-0.4, -0.2) is 4.98 Å². The van der Waals surface area contributed by atoms with Crippen molar-refractivity contribution in [3.05, 3.63) is 26.6 Å². The number of halogens is 6. The van der Waals surface area contributed by atoms with E-state index in [1.54, 1.807) is 0 Å². The second kappa shape index (κ2) is 4.18. The molecule has 0 amide bonds. The van der Waals surface area contributed by atoms with Gasteiger partial charge in [0.2, 0.25) is 0 Å². The molecule has 15 heavy (non-hydrogen) atoms. The van der Waals surface area contributed by atoms with Crippen molar-refractivity contribution in [2.75, 3.05) is 0 Å². The van der Waals surface area contributed by atoms with Gasteiger partial charge in [0.05, 0.1) is 5.56 Å². The van der Waals surface area contributed by atoms with Crippen molar-refractivity contribution in [1.29, 1.82) is 0 Å². The van der Waals surface area contributed by atoms with Gasteiger partial charge in [-0.05, 0) is 35.1 Å². The molecule has 0 spiro atoms. The lowest BCUT2D eigenvalue weighted by molar-refractivity contribution is -0.140. The molecular formula is C8H5F5IN. The predicted molar refractivity (Wildman–Crippen MR) is 51.7 cm³/mol. The molecule has 0 aromatic carbocycles. The van der Waals surface area contributed by atoms with Crippen LogP contribution < -0.4 is 0 Å². The van der Waals surface area contributed by atoms with Crippen LogP contribution in [0.2, 0.25) is 0 Å². The first-order valence-electron chi connectivity index (χ1n) is 3.75. The van der Waals surface area contributed by atoms with E-state index in [1.165, 1.54) is 29.5 Å². The quantitative estimate of drug-likeness (QED) is 0.559. The van der Waals surface area contributed by atoms with Gasteiger partial charge in [-0.3, -0.25) is 4.98 Å². The molecule has 0 fully saturated rings. The van der Waals surface area contributed by atoms with Gasteiger partial charge < -0.3 is 0 Å². The van der Waals surface area contributed by atoms with Crippen molar-refractivity contribution < 1.29 is 22.0 Å². The Bertz CT molecular complexity index is 374. The SMILES string of the molecule is Cc1cnc(C(F)F)c(C(F)(F)F)c1I. The molecule has 0 saturated heterocycles. The number of nitrogens with zero attached hydrogens (tertiary/aromatic N) is 1. The molecule has 1 rings (SSSR count). The summed E-state index contributed by atoms with van der Waals surface area (Å²) in [6.07, 6.45) is -7.02. The Kier molecular flexibility index (Phi) is 3.51. The molecule has 1 heterocycles. The summed E-state index contributed by atoms with van der Waals surface area (Å²) in [4.78, 5) is 3.13. The van der Waals surface area contributed by atoms with Crippen LogP contribution in [-0.2, 0) is 6.18 Å². The predicted octanol–water partition coefficient (Wildman–Crippen LogP) is 3.95. The van der Waals surface area contributed by atoms with Crippen LogP contribution in [0.15, 0.2) is 6.20 Å². The second-order valence-electron chi connectivity index (χ2n) is 2.81. The van der Waals surface area contributed by atoms with E-state index >= 15 is 0 Å². The lowest BCUT2D eigenvalue weighted by Gasteiger charge is -2.14. The summed E-state index contributed by atoms with van der Waals surface area (Å²) in [6, 6.07) is 0. The number of hydrogen-bond acceptors (Lipinski definition) is 1. The lowest BCUT2D eigenvalue weighted by atomic mass is 10.1. The molecule has 0 N–H and O–H groups in total. The Morgan fingerprint density at radius 3 is 2.27 bits per heavy atom. The maximum atomic E-state index is 12.5. The van der Waals surface area contributed by atoms with E-state index in [-0.39, 0.29) is 9.13 Å². The van der Waals surface area contributed by atoms with Gasteiger partial charge in [-0.2, -0.15) is 13.2 Å². The van der Waals surface area contributed by atoms with E-state index in [0.29, 0.717) is 0 Å². The normalized spacial score (nSPS) is 12.3. The minimum absolute atomic E-state index is 0.229. The molecule has 1 nitrogen and oxygen atoms in total. The van der Waals surface area contributed by atoms with Crippen LogP contribution in [0.3, 0.4) is 0 Å². The van der Waals surface area contributed by atoms with Gasteiger partial charge in [-0.1, -0.05) is 0 Å². The van der Waals surface area contributed by atoms with Crippen molar-refractivity contribution in [2.45, 2.75) is 19.5 Å². The minimum Gasteiger partial charge on any atom is -0.254 e. The molecule has 0 aliphatic heterocycles. The van der Waals surface area contributed by atoms with Crippen molar-refractivity contribution in [2.24, 2.45) is 0 Å². The number of hydrogen-bond donors (Lipinski definition) is 0. The Morgan fingerprint density at radius 2 is 1.87 bits per heavy atom. The Morgan fingerprint density at radius 1 is 1.33 bits per heavy atom. The Balaban J connectivity index is 3.49. The number of pyridine rings is 1. The highest BCUT2D eigenvalue weighted by atomic mass is 127. The first kappa shape index (κ1) is 12.6. The fraction of sp³-hybridized carbons (Fsp3) is 0.375. The molecule has 84 valence electrons. The summed E-state index contributed by atoms with van der Waals surface area (Å²) in [5, 5.41) is 0. The summed E-state index contributed by atoms with van der Waals surface area (Å²) in [5.41, 5.74) is -2.32. The second-order valence-corrected chi connectivity index (χ2v) is 3.89. The number of aryl methyl sites for hydroxylation is 1. The zero-order chi connectivity index (χ0) is 11.8. The molecular weight excluding hydrogens is 332 g/mol. The van der Waals surface area contributed by atoms with Crippen LogP contribution >= 0.6 is 22.6 Å². The van der Waals surface area contributed by atoms with Crippen LogP contribution in [0.4, 0.5) is 22.0 Å². The zero-order valence-electron chi connectivity index (χ0n) is 7.37. The van der Waals surface area contributed by atoms with Gasteiger partial charge in [0.15, 0.2) is 0 Å². The molecule has 0 aliphatic carbocycles. The van der Waals surface area contributed by atoms with Gasteiger partial charge in [-0.15, -0.1) is 0 Å². The number of aromatic nitrogens is 1. The van der Waals surface area contributed by atoms with Crippen molar-refractivity contribution in [1.82, 2.24) is 4.98 Å². The van der Waals surface area contributed by atoms with Crippen molar-refractivity contribution in [3.63, 3.8) is 0 Å². The summed E-state index contributed by atoms with van der Waals surface area (Å²) in [5.74, 6) is 0. The first-order valence-corrected chi connectivity index (χ1v) is 4.83. The fourth-order valence-electron chi connectivity index (χ4n) is 1.03. The average molecular weight is 337 g/mol. The third-order valence-corrected chi connectivity index (χ3v) is 3.10. The van der Waals surface area contributed by atoms with Gasteiger partial charge in [0.1, 0.15) is 5.69 Å². The average Bonchev–Trinajstić information content (AvgIpc) is 2.06. The molecule has 7 heteroatoms. The van der Waals surface area contributed by atoms with Crippen LogP contribution in [0.25, 0.3) is 0 Å². The largest absolute Gasteiger partial charge is 0.419 e. The molecule has 0 bridgehead atoms. The Hall–Kier alpha value is -0.470. The third-order valence-electron chi connectivity index (χ3n) is 1.71. The molecule has 1 aromatic rings. The van der Waals surface area contributed by atoms with Gasteiger partial charge in [0.25, 0.3) is 6.43 Å². The number of rotatable bonds is 1. The van der Waals surface area contributed by atoms with Gasteiger partial charge in [0, 0.05) is 9.77 Å². The van der Waals surface area contributed by atoms with Crippen LogP contribution in [0.5, 0.6) is 0 Å². The van der Waals surface area contributed by atoms with Crippen LogP contribution in [0, 0.1) is 10.5 Å². The topological polar surface area (TPSA) is 12.9 Å². The molecule has 0 aliphatic rings. The lowest BCUT2D eigenvalue weighted by Crippen LogP contribution is -2.14. The Labute approximate surface area is 95.8 Å². The number of alkyl halides is 5. The van der Waals surface area contributed by atoms with E-state index in [4.69, 9.17) is 0 Å². The first-order chi connectivity index (χ1) is 6.75. The maximum absolute atomic E-state index is 12.5. The van der Waals surface area contributed by atoms with E-state index in [0.717, 1.165) is 6.20 Å². The molecule has 0 saturated carbocycles. The highest BCUT2D eigenvalue weighted by Crippen LogP contribution is 2.38. The summed E-state index contributed by atoms with van der Waals surface area (Å²) in [6.45, 7) is 1.39. The van der Waals surface area contributed by atoms with Crippen molar-refractivity contribution in [3.8, 4) is 0 Å². The van der Waals surface area contributed by atoms with E-state index in [1.807, 2.05) is 0 Å². The summed E-state index contributed by atoms with van der Waals surface area (Å²) < 4.78 is 61.8. The van der Waals surface area contributed by atoms with Crippen molar-refractivity contribution >= 4 is 22.6 Å². The highest BCUT2D eigenvalue weighted by Gasteiger charge is 2.39. The minimum atomic E-state index is -4.80. The molecule has 1 aromatic heterocycles. The van der Waals surface area contributed by atoms with E-state index < -0.39 is 23.9 Å². The highest BCUT2D eigenvalue weighted by molar-refractivity contribution is 14.1. The third kappa shape index (κ3) is 2.56. The van der Waals surface area contributed by atoms with Crippen LogP contribution in [0.1, 0.15) is 23.2 Å². The summed E-state index contributed by atoms with van der Waals surface area (Å²) >= 11 is 1.40. The van der Waals surface area contributed by atoms with Gasteiger partial charge >= 0.3 is 6.18 Å².